The molecular formula is C11H18N4. The molecule has 1 aliphatic heterocycles. The first-order valence-corrected chi connectivity index (χ1v) is 6.03. The fourth-order valence-electron chi connectivity index (χ4n) is 2.81. The Morgan fingerprint density at radius 1 is 1.00 bits per heavy atom. The van der Waals surface area contributed by atoms with Crippen molar-refractivity contribution >= 4 is 0 Å². The average molecular weight is 206 g/mol. The van der Waals surface area contributed by atoms with Crippen molar-refractivity contribution in [3.05, 3.63) is 12.4 Å². The van der Waals surface area contributed by atoms with Gasteiger partial charge >= 0.3 is 0 Å². The van der Waals surface area contributed by atoms with Gasteiger partial charge in [0, 0.05) is 25.3 Å². The van der Waals surface area contributed by atoms with E-state index in [2.05, 4.69) is 15.2 Å². The second-order valence-electron chi connectivity index (χ2n) is 4.78. The molecule has 0 unspecified atom stereocenters. The van der Waals surface area contributed by atoms with Crippen molar-refractivity contribution in [1.29, 1.82) is 0 Å². The van der Waals surface area contributed by atoms with Crippen LogP contribution in [0.4, 0.5) is 0 Å². The van der Waals surface area contributed by atoms with Gasteiger partial charge in [-0.05, 0) is 12.8 Å². The lowest BCUT2D eigenvalue weighted by Crippen LogP contribution is -2.53. The fraction of sp³-hybridized carbons (Fsp3) is 0.818. The van der Waals surface area contributed by atoms with E-state index in [1.165, 1.54) is 45.2 Å². The molecule has 1 aromatic rings. The first-order chi connectivity index (χ1) is 7.43. The van der Waals surface area contributed by atoms with Crippen LogP contribution in [0.25, 0.3) is 0 Å². The SMILES string of the molecule is c1cn(C2CN(C3CCCCC3)C2)nn1. The number of likely N-dealkylation sites (tertiary alicyclic amines) is 1. The summed E-state index contributed by atoms with van der Waals surface area (Å²) in [7, 11) is 0. The first-order valence-electron chi connectivity index (χ1n) is 6.03. The van der Waals surface area contributed by atoms with Crippen molar-refractivity contribution < 1.29 is 0 Å². The van der Waals surface area contributed by atoms with E-state index >= 15 is 0 Å². The van der Waals surface area contributed by atoms with Crippen LogP contribution >= 0.6 is 0 Å². The molecule has 0 aromatic carbocycles. The molecule has 4 heteroatoms. The van der Waals surface area contributed by atoms with Crippen LogP contribution in [0, 0.1) is 0 Å². The molecule has 1 saturated heterocycles. The third-order valence-electron chi connectivity index (χ3n) is 3.80. The van der Waals surface area contributed by atoms with Crippen molar-refractivity contribution in [3.63, 3.8) is 0 Å². The Labute approximate surface area is 90.3 Å². The summed E-state index contributed by atoms with van der Waals surface area (Å²) in [4.78, 5) is 2.62. The fourth-order valence-corrected chi connectivity index (χ4v) is 2.81. The summed E-state index contributed by atoms with van der Waals surface area (Å²) in [5, 5.41) is 7.91. The molecule has 0 spiro atoms. The smallest absolute Gasteiger partial charge is 0.0790 e. The maximum absolute atomic E-state index is 4.06. The first kappa shape index (κ1) is 9.33. The third-order valence-corrected chi connectivity index (χ3v) is 3.80. The van der Waals surface area contributed by atoms with Crippen LogP contribution in [0.3, 0.4) is 0 Å². The van der Waals surface area contributed by atoms with Gasteiger partial charge in [0.05, 0.1) is 12.2 Å². The maximum atomic E-state index is 4.06. The molecule has 2 aliphatic rings. The summed E-state index contributed by atoms with van der Waals surface area (Å²) in [6.45, 7) is 2.35. The van der Waals surface area contributed by atoms with Gasteiger partial charge in [0.2, 0.25) is 0 Å². The Balaban J connectivity index is 1.53. The molecule has 15 heavy (non-hydrogen) atoms. The standard InChI is InChI=1S/C11H18N4/c1-2-4-10(5-3-1)14-8-11(9-14)15-7-6-12-13-15/h6-7,10-11H,1-5,8-9H2. The summed E-state index contributed by atoms with van der Waals surface area (Å²) in [5.74, 6) is 0. The number of aromatic nitrogens is 3. The zero-order chi connectivity index (χ0) is 10.1. The Hall–Kier alpha value is -0.900. The van der Waals surface area contributed by atoms with E-state index in [0.29, 0.717) is 6.04 Å². The molecule has 0 bridgehead atoms. The van der Waals surface area contributed by atoms with Gasteiger partial charge in [-0.25, -0.2) is 4.68 Å². The van der Waals surface area contributed by atoms with Crippen molar-refractivity contribution in [2.45, 2.75) is 44.2 Å². The third kappa shape index (κ3) is 1.78. The summed E-state index contributed by atoms with van der Waals surface area (Å²) in [6.07, 6.45) is 10.8. The van der Waals surface area contributed by atoms with Crippen LogP contribution in [0.5, 0.6) is 0 Å². The Morgan fingerprint density at radius 3 is 2.47 bits per heavy atom. The van der Waals surface area contributed by atoms with E-state index in [4.69, 9.17) is 0 Å². The molecule has 1 saturated carbocycles. The molecule has 2 fully saturated rings. The molecule has 2 heterocycles. The quantitative estimate of drug-likeness (QED) is 0.734. The van der Waals surface area contributed by atoms with Gasteiger partial charge in [-0.3, -0.25) is 4.90 Å². The van der Waals surface area contributed by atoms with E-state index in [1.54, 1.807) is 6.20 Å². The van der Waals surface area contributed by atoms with Crippen LogP contribution in [0.1, 0.15) is 38.1 Å². The second kappa shape index (κ2) is 3.93. The maximum Gasteiger partial charge on any atom is 0.0790 e. The van der Waals surface area contributed by atoms with Gasteiger partial charge < -0.3 is 0 Å². The van der Waals surface area contributed by atoms with Crippen molar-refractivity contribution in [3.8, 4) is 0 Å². The molecule has 82 valence electrons. The predicted octanol–water partition coefficient (Wildman–Crippen LogP) is 1.47. The van der Waals surface area contributed by atoms with E-state index in [-0.39, 0.29) is 0 Å². The molecule has 0 radical (unpaired) electrons. The molecule has 3 rings (SSSR count). The van der Waals surface area contributed by atoms with Crippen LogP contribution in [-0.4, -0.2) is 39.0 Å². The highest BCUT2D eigenvalue weighted by Crippen LogP contribution is 2.29. The predicted molar refractivity (Wildman–Crippen MR) is 57.5 cm³/mol. The number of rotatable bonds is 2. The zero-order valence-electron chi connectivity index (χ0n) is 9.05. The normalized spacial score (nSPS) is 25.3. The van der Waals surface area contributed by atoms with Gasteiger partial charge in [0.25, 0.3) is 0 Å². The average Bonchev–Trinajstić information content (AvgIpc) is 2.70. The Bertz CT molecular complexity index is 296. The van der Waals surface area contributed by atoms with Crippen molar-refractivity contribution in [2.75, 3.05) is 13.1 Å². The molecule has 1 aromatic heterocycles. The van der Waals surface area contributed by atoms with Crippen LogP contribution in [-0.2, 0) is 0 Å². The Morgan fingerprint density at radius 2 is 1.80 bits per heavy atom. The van der Waals surface area contributed by atoms with Crippen molar-refractivity contribution in [1.82, 2.24) is 19.9 Å². The van der Waals surface area contributed by atoms with Crippen LogP contribution in [0.15, 0.2) is 12.4 Å². The number of hydrogen-bond acceptors (Lipinski definition) is 3. The lowest BCUT2D eigenvalue weighted by Gasteiger charge is -2.45. The van der Waals surface area contributed by atoms with Crippen molar-refractivity contribution in [2.24, 2.45) is 0 Å². The van der Waals surface area contributed by atoms with E-state index in [9.17, 15) is 0 Å². The second-order valence-corrected chi connectivity index (χ2v) is 4.78. The largest absolute Gasteiger partial charge is 0.296 e. The topological polar surface area (TPSA) is 34.0 Å². The zero-order valence-corrected chi connectivity index (χ0v) is 9.05. The van der Waals surface area contributed by atoms with Gasteiger partial charge in [-0.15, -0.1) is 5.10 Å². The van der Waals surface area contributed by atoms with Crippen LogP contribution in [0.2, 0.25) is 0 Å². The highest BCUT2D eigenvalue weighted by atomic mass is 15.5. The summed E-state index contributed by atoms with van der Waals surface area (Å²) in [5.41, 5.74) is 0. The van der Waals surface area contributed by atoms with Gasteiger partial charge in [-0.1, -0.05) is 24.5 Å². The molecular weight excluding hydrogens is 188 g/mol. The van der Waals surface area contributed by atoms with Gasteiger partial charge in [0.1, 0.15) is 0 Å². The van der Waals surface area contributed by atoms with E-state index in [1.807, 2.05) is 10.9 Å². The highest BCUT2D eigenvalue weighted by molar-refractivity contribution is 4.90. The lowest BCUT2D eigenvalue weighted by molar-refractivity contribution is 0.0352. The summed E-state index contributed by atoms with van der Waals surface area (Å²) < 4.78 is 2.00. The minimum atomic E-state index is 0.578. The van der Waals surface area contributed by atoms with Crippen LogP contribution < -0.4 is 0 Å². The molecule has 0 atom stereocenters. The van der Waals surface area contributed by atoms with Gasteiger partial charge in [-0.2, -0.15) is 0 Å². The minimum absolute atomic E-state index is 0.578. The lowest BCUT2D eigenvalue weighted by atomic mass is 9.91. The molecule has 0 amide bonds. The number of nitrogens with zero attached hydrogens (tertiary/aromatic N) is 4. The molecule has 0 N–H and O–H groups in total. The number of hydrogen-bond donors (Lipinski definition) is 0. The minimum Gasteiger partial charge on any atom is -0.296 e. The summed E-state index contributed by atoms with van der Waals surface area (Å²) >= 11 is 0. The monoisotopic (exact) mass is 206 g/mol. The Kier molecular flexibility index (Phi) is 2.44. The molecule has 1 aliphatic carbocycles. The van der Waals surface area contributed by atoms with E-state index in [0.717, 1.165) is 6.04 Å². The highest BCUT2D eigenvalue weighted by Gasteiger charge is 2.34. The summed E-state index contributed by atoms with van der Waals surface area (Å²) in [6, 6.07) is 1.44. The molecule has 4 nitrogen and oxygen atoms in total. The van der Waals surface area contributed by atoms with E-state index < -0.39 is 0 Å². The van der Waals surface area contributed by atoms with Gasteiger partial charge in [0.15, 0.2) is 0 Å².